The highest BCUT2D eigenvalue weighted by atomic mass is 16.2. The molecule has 1 spiro atoms. The number of nitrogens with one attached hydrogen (secondary N) is 2. The Labute approximate surface area is 154 Å². The normalized spacial score (nSPS) is 25.0. The van der Waals surface area contributed by atoms with Crippen LogP contribution in [0.25, 0.3) is 0 Å². The lowest BCUT2D eigenvalue weighted by atomic mass is 9.78. The average Bonchev–Trinajstić information content (AvgIpc) is 3.33. The van der Waals surface area contributed by atoms with Crippen LogP contribution in [0.3, 0.4) is 0 Å². The van der Waals surface area contributed by atoms with Crippen molar-refractivity contribution in [2.75, 3.05) is 26.2 Å². The van der Waals surface area contributed by atoms with Gasteiger partial charge in [-0.1, -0.05) is 13.8 Å². The minimum atomic E-state index is -0.304. The number of H-pyrrole nitrogens is 1. The van der Waals surface area contributed by atoms with Crippen LogP contribution in [-0.4, -0.2) is 63.8 Å². The Morgan fingerprint density at radius 1 is 1.15 bits per heavy atom. The van der Waals surface area contributed by atoms with Crippen molar-refractivity contribution in [3.63, 3.8) is 0 Å². The van der Waals surface area contributed by atoms with Crippen molar-refractivity contribution in [2.45, 2.75) is 57.5 Å². The van der Waals surface area contributed by atoms with E-state index in [9.17, 15) is 9.59 Å². The second kappa shape index (κ2) is 6.68. The molecule has 4 rings (SSSR count). The first-order chi connectivity index (χ1) is 12.5. The lowest BCUT2D eigenvalue weighted by Gasteiger charge is -2.46. The van der Waals surface area contributed by atoms with Gasteiger partial charge in [0.2, 0.25) is 11.8 Å². The zero-order valence-electron chi connectivity index (χ0n) is 15.8. The predicted octanol–water partition coefficient (Wildman–Crippen LogP) is 1.02. The summed E-state index contributed by atoms with van der Waals surface area (Å²) in [6.07, 6.45) is 6.21. The van der Waals surface area contributed by atoms with Crippen LogP contribution in [0, 0.1) is 5.92 Å². The summed E-state index contributed by atoms with van der Waals surface area (Å²) >= 11 is 0. The molecule has 1 atom stereocenters. The first-order valence-electron chi connectivity index (χ1n) is 9.88. The van der Waals surface area contributed by atoms with E-state index in [0.717, 1.165) is 50.2 Å². The van der Waals surface area contributed by atoms with Gasteiger partial charge in [0, 0.05) is 44.2 Å². The number of piperidine rings is 1. The highest BCUT2D eigenvalue weighted by Crippen LogP contribution is 2.38. The molecule has 3 aliphatic rings. The number of fused-ring (bicyclic) bond motifs is 2. The highest BCUT2D eigenvalue weighted by molar-refractivity contribution is 5.83. The summed E-state index contributed by atoms with van der Waals surface area (Å²) in [5.41, 5.74) is 1.81. The third-order valence-corrected chi connectivity index (χ3v) is 6.17. The van der Waals surface area contributed by atoms with Crippen LogP contribution < -0.4 is 5.32 Å². The summed E-state index contributed by atoms with van der Waals surface area (Å²) in [6, 6.07) is -0.201. The van der Waals surface area contributed by atoms with Gasteiger partial charge in [0.05, 0.1) is 23.6 Å². The van der Waals surface area contributed by atoms with Crippen LogP contribution in [0.5, 0.6) is 0 Å². The summed E-state index contributed by atoms with van der Waals surface area (Å²) in [5.74, 6) is 0.444. The third kappa shape index (κ3) is 2.92. The predicted molar refractivity (Wildman–Crippen MR) is 97.4 cm³/mol. The molecule has 0 aromatic carbocycles. The van der Waals surface area contributed by atoms with Gasteiger partial charge >= 0.3 is 0 Å². The molecule has 2 saturated heterocycles. The van der Waals surface area contributed by atoms with Crippen molar-refractivity contribution in [2.24, 2.45) is 5.92 Å². The Kier molecular flexibility index (Phi) is 4.50. The molecule has 0 bridgehead atoms. The van der Waals surface area contributed by atoms with Gasteiger partial charge < -0.3 is 14.8 Å². The van der Waals surface area contributed by atoms with Crippen LogP contribution in [-0.2, 0) is 21.5 Å². The maximum atomic E-state index is 13.0. The SMILES string of the molecule is CC(C)C(=O)N1CCC2(CC1)N[C@H](C(=O)N1CCCC1)Cc1[nH]cnc12. The molecule has 1 aromatic rings. The van der Waals surface area contributed by atoms with Gasteiger partial charge in [-0.05, 0) is 25.7 Å². The molecule has 3 aliphatic heterocycles. The number of aromatic amines is 1. The maximum absolute atomic E-state index is 13.0. The lowest BCUT2D eigenvalue weighted by Crippen LogP contribution is -2.62. The Morgan fingerprint density at radius 2 is 1.85 bits per heavy atom. The van der Waals surface area contributed by atoms with E-state index in [4.69, 9.17) is 0 Å². The monoisotopic (exact) mass is 359 g/mol. The molecule has 7 heteroatoms. The first-order valence-corrected chi connectivity index (χ1v) is 9.88. The number of nitrogens with zero attached hydrogens (tertiary/aromatic N) is 3. The summed E-state index contributed by atoms with van der Waals surface area (Å²) in [7, 11) is 0. The Bertz CT molecular complexity index is 684. The first kappa shape index (κ1) is 17.5. The van der Waals surface area contributed by atoms with Crippen LogP contribution >= 0.6 is 0 Å². The number of likely N-dealkylation sites (tertiary alicyclic amines) is 2. The number of amides is 2. The molecular formula is C19H29N5O2. The third-order valence-electron chi connectivity index (χ3n) is 6.17. The van der Waals surface area contributed by atoms with E-state index in [0.29, 0.717) is 19.5 Å². The molecule has 0 radical (unpaired) electrons. The summed E-state index contributed by atoms with van der Waals surface area (Å²) in [4.78, 5) is 37.1. The number of carbonyl (C=O) groups is 2. The van der Waals surface area contributed by atoms with Crippen molar-refractivity contribution in [3.05, 3.63) is 17.7 Å². The lowest BCUT2D eigenvalue weighted by molar-refractivity contribution is -0.138. The van der Waals surface area contributed by atoms with E-state index in [1.54, 1.807) is 6.33 Å². The van der Waals surface area contributed by atoms with Gasteiger partial charge in [0.15, 0.2) is 0 Å². The fourth-order valence-electron chi connectivity index (χ4n) is 4.71. The van der Waals surface area contributed by atoms with Gasteiger partial charge in [-0.3, -0.25) is 14.9 Å². The standard InChI is InChI=1S/C19H29N5O2/c1-13(2)17(25)24-9-5-19(6-10-24)16-14(20-12-21-16)11-15(22-19)18(26)23-7-3-4-8-23/h12-13,15,22H,3-11H2,1-2H3,(H,20,21)/t15-/m0/s1. The van der Waals surface area contributed by atoms with Crippen LogP contribution in [0.2, 0.25) is 0 Å². The molecule has 1 aromatic heterocycles. The van der Waals surface area contributed by atoms with E-state index < -0.39 is 0 Å². The van der Waals surface area contributed by atoms with E-state index in [1.165, 1.54) is 0 Å². The Hall–Kier alpha value is -1.89. The molecule has 4 heterocycles. The maximum Gasteiger partial charge on any atom is 0.240 e. The second-order valence-electron chi connectivity index (χ2n) is 8.23. The van der Waals surface area contributed by atoms with Crippen LogP contribution in [0.4, 0.5) is 0 Å². The molecular weight excluding hydrogens is 330 g/mol. The van der Waals surface area contributed by atoms with Crippen molar-refractivity contribution >= 4 is 11.8 Å². The number of rotatable bonds is 2. The van der Waals surface area contributed by atoms with Gasteiger partial charge in [0.25, 0.3) is 0 Å². The summed E-state index contributed by atoms with van der Waals surface area (Å²) in [6.45, 7) is 7.05. The summed E-state index contributed by atoms with van der Waals surface area (Å²) < 4.78 is 0. The van der Waals surface area contributed by atoms with Crippen molar-refractivity contribution in [3.8, 4) is 0 Å². The van der Waals surface area contributed by atoms with E-state index >= 15 is 0 Å². The average molecular weight is 359 g/mol. The fourth-order valence-corrected chi connectivity index (χ4v) is 4.71. The van der Waals surface area contributed by atoms with E-state index in [1.807, 2.05) is 23.6 Å². The van der Waals surface area contributed by atoms with Crippen LogP contribution in [0.15, 0.2) is 6.33 Å². The van der Waals surface area contributed by atoms with Crippen molar-refractivity contribution in [1.29, 1.82) is 0 Å². The second-order valence-corrected chi connectivity index (χ2v) is 8.23. The number of hydrogen-bond acceptors (Lipinski definition) is 4. The molecule has 7 nitrogen and oxygen atoms in total. The smallest absolute Gasteiger partial charge is 0.240 e. The van der Waals surface area contributed by atoms with Gasteiger partial charge in [-0.15, -0.1) is 0 Å². The van der Waals surface area contributed by atoms with Crippen molar-refractivity contribution in [1.82, 2.24) is 25.1 Å². The minimum absolute atomic E-state index is 0.0220. The molecule has 2 amide bonds. The van der Waals surface area contributed by atoms with Gasteiger partial charge in [-0.2, -0.15) is 0 Å². The van der Waals surface area contributed by atoms with Gasteiger partial charge in [-0.25, -0.2) is 4.98 Å². The highest BCUT2D eigenvalue weighted by Gasteiger charge is 2.47. The zero-order chi connectivity index (χ0) is 18.3. The number of carbonyl (C=O) groups excluding carboxylic acids is 2. The topological polar surface area (TPSA) is 81.3 Å². The van der Waals surface area contributed by atoms with E-state index in [2.05, 4.69) is 15.3 Å². The molecule has 26 heavy (non-hydrogen) atoms. The molecule has 142 valence electrons. The van der Waals surface area contributed by atoms with Crippen molar-refractivity contribution < 1.29 is 9.59 Å². The quantitative estimate of drug-likeness (QED) is 0.826. The molecule has 0 saturated carbocycles. The molecule has 2 fully saturated rings. The van der Waals surface area contributed by atoms with Gasteiger partial charge in [0.1, 0.15) is 0 Å². The zero-order valence-corrected chi connectivity index (χ0v) is 15.8. The minimum Gasteiger partial charge on any atom is -0.348 e. The number of aromatic nitrogens is 2. The molecule has 0 unspecified atom stereocenters. The van der Waals surface area contributed by atoms with Crippen LogP contribution in [0.1, 0.15) is 50.9 Å². The Balaban J connectivity index is 1.54. The summed E-state index contributed by atoms with van der Waals surface area (Å²) in [5, 5.41) is 3.66. The number of imidazole rings is 1. The Morgan fingerprint density at radius 3 is 2.50 bits per heavy atom. The van der Waals surface area contributed by atoms with E-state index in [-0.39, 0.29) is 29.3 Å². The molecule has 2 N–H and O–H groups in total. The number of hydrogen-bond donors (Lipinski definition) is 2. The molecule has 0 aliphatic carbocycles. The fraction of sp³-hybridized carbons (Fsp3) is 0.737. The largest absolute Gasteiger partial charge is 0.348 e.